The van der Waals surface area contributed by atoms with Crippen molar-refractivity contribution in [1.82, 2.24) is 10.2 Å². The Labute approximate surface area is 136 Å². The maximum atomic E-state index is 12.7. The zero-order chi connectivity index (χ0) is 14.8. The summed E-state index contributed by atoms with van der Waals surface area (Å²) in [7, 11) is 1.92. The number of hydrogen-bond acceptors (Lipinski definition) is 3. The molecular weight excluding hydrogens is 302 g/mol. The van der Waals surface area contributed by atoms with Crippen LogP contribution in [-0.2, 0) is 11.2 Å². The Morgan fingerprint density at radius 2 is 2.23 bits per heavy atom. The third-order valence-electron chi connectivity index (χ3n) is 4.33. The quantitative estimate of drug-likeness (QED) is 0.892. The Kier molecular flexibility index (Phi) is 5.42. The van der Waals surface area contributed by atoms with Crippen LogP contribution in [0.2, 0.25) is 0 Å². The van der Waals surface area contributed by atoms with Crippen molar-refractivity contribution < 1.29 is 9.59 Å². The predicted molar refractivity (Wildman–Crippen MR) is 88.6 cm³/mol. The van der Waals surface area contributed by atoms with E-state index in [1.54, 1.807) is 0 Å². The second-order valence-electron chi connectivity index (χ2n) is 5.77. The number of rotatable bonds is 3. The molecule has 2 aliphatic heterocycles. The zero-order valence-electron chi connectivity index (χ0n) is 12.7. The first-order valence-electron chi connectivity index (χ1n) is 7.57. The molecule has 0 spiro atoms. The number of carbonyl (C=O) groups excluding carboxylic acids is 2. The van der Waals surface area contributed by atoms with E-state index in [-0.39, 0.29) is 24.2 Å². The lowest BCUT2D eigenvalue weighted by atomic mass is 10.00. The minimum atomic E-state index is 0. The molecule has 0 saturated carbocycles. The smallest absolute Gasteiger partial charge is 0.254 e. The normalized spacial score (nSPS) is 20.1. The van der Waals surface area contributed by atoms with Crippen LogP contribution in [0.5, 0.6) is 0 Å². The first-order valence-corrected chi connectivity index (χ1v) is 7.57. The summed E-state index contributed by atoms with van der Waals surface area (Å²) >= 11 is 0. The van der Waals surface area contributed by atoms with E-state index >= 15 is 0 Å². The molecule has 0 radical (unpaired) electrons. The highest BCUT2D eigenvalue weighted by Crippen LogP contribution is 2.26. The van der Waals surface area contributed by atoms with Crippen molar-refractivity contribution in [2.24, 2.45) is 0 Å². The highest BCUT2D eigenvalue weighted by molar-refractivity contribution is 5.98. The lowest BCUT2D eigenvalue weighted by Crippen LogP contribution is -2.40. The summed E-state index contributed by atoms with van der Waals surface area (Å²) in [5.41, 5.74) is 2.63. The summed E-state index contributed by atoms with van der Waals surface area (Å²) in [6.45, 7) is 1.67. The molecule has 3 rings (SSSR count). The van der Waals surface area contributed by atoms with Crippen molar-refractivity contribution in [1.29, 1.82) is 0 Å². The fourth-order valence-electron chi connectivity index (χ4n) is 3.23. The molecule has 120 valence electrons. The summed E-state index contributed by atoms with van der Waals surface area (Å²) in [5.74, 6) is 0.155. The largest absolute Gasteiger partial charge is 0.334 e. The maximum absolute atomic E-state index is 12.7. The first-order chi connectivity index (χ1) is 10.2. The Bertz CT molecular complexity index is 577. The van der Waals surface area contributed by atoms with Crippen molar-refractivity contribution in [3.63, 3.8) is 0 Å². The van der Waals surface area contributed by atoms with Crippen LogP contribution in [0.3, 0.4) is 0 Å². The highest BCUT2D eigenvalue weighted by Gasteiger charge is 2.29. The van der Waals surface area contributed by atoms with Gasteiger partial charge in [-0.25, -0.2) is 0 Å². The number of halogens is 1. The van der Waals surface area contributed by atoms with E-state index in [1.807, 2.05) is 30.1 Å². The standard InChI is InChI=1S/C16H21N3O2.ClH/c1-17-10-13-3-2-8-19(13)16(21)12-4-6-14-11(9-12)5-7-15(20)18-14;/h4,6,9,13,17H,2-3,5,7-8,10H2,1H3,(H,18,20);1H. The van der Waals surface area contributed by atoms with E-state index in [0.29, 0.717) is 18.9 Å². The lowest BCUT2D eigenvalue weighted by Gasteiger charge is -2.25. The van der Waals surface area contributed by atoms with Crippen LogP contribution in [0.15, 0.2) is 18.2 Å². The number of aryl methyl sites for hydroxylation is 1. The topological polar surface area (TPSA) is 61.4 Å². The van der Waals surface area contributed by atoms with Crippen LogP contribution in [0.4, 0.5) is 5.69 Å². The van der Waals surface area contributed by atoms with Gasteiger partial charge < -0.3 is 15.5 Å². The number of benzene rings is 1. The summed E-state index contributed by atoms with van der Waals surface area (Å²) in [6.07, 6.45) is 3.34. The predicted octanol–water partition coefficient (Wildman–Crippen LogP) is 1.82. The Balaban J connectivity index is 0.00000176. The molecular formula is C16H22ClN3O2. The number of nitrogens with zero attached hydrogens (tertiary/aromatic N) is 1. The molecule has 6 heteroatoms. The van der Waals surface area contributed by atoms with Gasteiger partial charge in [0.2, 0.25) is 5.91 Å². The average molecular weight is 324 g/mol. The van der Waals surface area contributed by atoms with Crippen molar-refractivity contribution in [3.05, 3.63) is 29.3 Å². The molecule has 1 saturated heterocycles. The summed E-state index contributed by atoms with van der Waals surface area (Å²) in [6, 6.07) is 5.90. The number of anilines is 1. The molecule has 1 unspecified atom stereocenters. The van der Waals surface area contributed by atoms with Crippen molar-refractivity contribution >= 4 is 29.9 Å². The van der Waals surface area contributed by atoms with E-state index in [0.717, 1.165) is 42.7 Å². The van der Waals surface area contributed by atoms with Gasteiger partial charge in [-0.05, 0) is 50.1 Å². The minimum absolute atomic E-state index is 0. The van der Waals surface area contributed by atoms with Crippen LogP contribution in [0.1, 0.15) is 35.2 Å². The molecule has 1 fully saturated rings. The van der Waals surface area contributed by atoms with Gasteiger partial charge >= 0.3 is 0 Å². The number of amides is 2. The van der Waals surface area contributed by atoms with E-state index in [4.69, 9.17) is 0 Å². The molecule has 2 heterocycles. The number of hydrogen-bond donors (Lipinski definition) is 2. The molecule has 1 aromatic rings. The second-order valence-corrected chi connectivity index (χ2v) is 5.77. The van der Waals surface area contributed by atoms with E-state index in [1.165, 1.54) is 0 Å². The molecule has 2 aliphatic rings. The number of carbonyl (C=O) groups is 2. The number of fused-ring (bicyclic) bond motifs is 1. The summed E-state index contributed by atoms with van der Waals surface area (Å²) in [5, 5.41) is 6.01. The fraction of sp³-hybridized carbons (Fsp3) is 0.500. The Morgan fingerprint density at radius 1 is 1.41 bits per heavy atom. The van der Waals surface area contributed by atoms with Crippen LogP contribution < -0.4 is 10.6 Å². The SMILES string of the molecule is CNCC1CCCN1C(=O)c1ccc2c(c1)CCC(=O)N2.Cl. The van der Waals surface area contributed by atoms with E-state index in [2.05, 4.69) is 10.6 Å². The monoisotopic (exact) mass is 323 g/mol. The maximum Gasteiger partial charge on any atom is 0.254 e. The van der Waals surface area contributed by atoms with Gasteiger partial charge in [0.15, 0.2) is 0 Å². The van der Waals surface area contributed by atoms with Gasteiger partial charge in [-0.15, -0.1) is 12.4 Å². The van der Waals surface area contributed by atoms with Gasteiger partial charge in [-0.2, -0.15) is 0 Å². The number of likely N-dealkylation sites (tertiary alicyclic amines) is 1. The third kappa shape index (κ3) is 3.25. The van der Waals surface area contributed by atoms with Gasteiger partial charge in [0.05, 0.1) is 0 Å². The van der Waals surface area contributed by atoms with E-state index in [9.17, 15) is 9.59 Å². The van der Waals surface area contributed by atoms with Crippen LogP contribution in [-0.4, -0.2) is 42.9 Å². The summed E-state index contributed by atoms with van der Waals surface area (Å²) < 4.78 is 0. The van der Waals surface area contributed by atoms with Gasteiger partial charge in [-0.1, -0.05) is 0 Å². The van der Waals surface area contributed by atoms with Gasteiger partial charge in [0.25, 0.3) is 5.91 Å². The molecule has 1 aromatic carbocycles. The molecule has 5 nitrogen and oxygen atoms in total. The van der Waals surface area contributed by atoms with Gasteiger partial charge in [-0.3, -0.25) is 9.59 Å². The molecule has 0 aromatic heterocycles. The molecule has 22 heavy (non-hydrogen) atoms. The van der Waals surface area contributed by atoms with Gasteiger partial charge in [0, 0.05) is 36.8 Å². The van der Waals surface area contributed by atoms with Crippen LogP contribution >= 0.6 is 12.4 Å². The molecule has 2 amide bonds. The average Bonchev–Trinajstić information content (AvgIpc) is 2.94. The Morgan fingerprint density at radius 3 is 3.00 bits per heavy atom. The van der Waals surface area contributed by atoms with Crippen LogP contribution in [0.25, 0.3) is 0 Å². The lowest BCUT2D eigenvalue weighted by molar-refractivity contribution is -0.116. The van der Waals surface area contributed by atoms with Crippen LogP contribution in [0, 0.1) is 0 Å². The number of likely N-dealkylation sites (N-methyl/N-ethyl adjacent to an activating group) is 1. The second kappa shape index (κ2) is 7.11. The highest BCUT2D eigenvalue weighted by atomic mass is 35.5. The molecule has 2 N–H and O–H groups in total. The van der Waals surface area contributed by atoms with Crippen molar-refractivity contribution in [2.75, 3.05) is 25.5 Å². The van der Waals surface area contributed by atoms with Gasteiger partial charge in [0.1, 0.15) is 0 Å². The molecule has 1 atom stereocenters. The third-order valence-corrected chi connectivity index (χ3v) is 4.33. The Hall–Kier alpha value is -1.59. The van der Waals surface area contributed by atoms with E-state index < -0.39 is 0 Å². The number of nitrogens with one attached hydrogen (secondary N) is 2. The van der Waals surface area contributed by atoms with Crippen molar-refractivity contribution in [2.45, 2.75) is 31.7 Å². The fourth-order valence-corrected chi connectivity index (χ4v) is 3.23. The zero-order valence-corrected chi connectivity index (χ0v) is 13.5. The minimum Gasteiger partial charge on any atom is -0.334 e. The summed E-state index contributed by atoms with van der Waals surface area (Å²) in [4.78, 5) is 26.0. The van der Waals surface area contributed by atoms with Crippen molar-refractivity contribution in [3.8, 4) is 0 Å². The first kappa shape index (κ1) is 16.8. The molecule has 0 bridgehead atoms. The molecule has 0 aliphatic carbocycles.